The highest BCUT2D eigenvalue weighted by molar-refractivity contribution is 6.05. The van der Waals surface area contributed by atoms with E-state index in [0.29, 0.717) is 0 Å². The Kier molecular flexibility index (Phi) is 5.60. The summed E-state index contributed by atoms with van der Waals surface area (Å²) in [6.07, 6.45) is 0.136. The predicted molar refractivity (Wildman–Crippen MR) is 109 cm³/mol. The first-order chi connectivity index (χ1) is 14.3. The van der Waals surface area contributed by atoms with Crippen LogP contribution in [0, 0.1) is 29.8 Å². The monoisotopic (exact) mass is 433 g/mol. The molecule has 0 saturated heterocycles. The highest BCUT2D eigenvalue weighted by Crippen LogP contribution is 2.41. The number of phenols is 1. The second kappa shape index (κ2) is 7.76. The number of aromatic nitrogens is 1. The Bertz CT molecular complexity index is 1210. The molecule has 0 aliphatic carbocycles. The zero-order chi connectivity index (χ0) is 23.2. The summed E-state index contributed by atoms with van der Waals surface area (Å²) in [4.78, 5) is 25.3. The van der Waals surface area contributed by atoms with E-state index in [1.165, 1.54) is 13.0 Å². The second-order valence-electron chi connectivity index (χ2n) is 8.72. The molecule has 1 heterocycles. The number of rotatable bonds is 4. The molecule has 5 nitrogen and oxygen atoms in total. The first kappa shape index (κ1) is 22.4. The highest BCUT2D eigenvalue weighted by Gasteiger charge is 2.34. The van der Waals surface area contributed by atoms with Crippen LogP contribution in [0.2, 0.25) is 0 Å². The van der Waals surface area contributed by atoms with E-state index in [9.17, 15) is 28.6 Å². The first-order valence-corrected chi connectivity index (χ1v) is 9.58. The summed E-state index contributed by atoms with van der Waals surface area (Å²) < 4.78 is 43.1. The zero-order valence-electron chi connectivity index (χ0n) is 17.5. The number of hydrogen-bond donors (Lipinski definition) is 2. The van der Waals surface area contributed by atoms with Gasteiger partial charge in [0.1, 0.15) is 0 Å². The Morgan fingerprint density at radius 3 is 2.26 bits per heavy atom. The number of benzene rings is 2. The summed E-state index contributed by atoms with van der Waals surface area (Å²) in [6, 6.07) is 4.96. The number of carboxylic acid groups (broad SMARTS) is 1. The Hall–Kier alpha value is -3.29. The van der Waals surface area contributed by atoms with Gasteiger partial charge < -0.3 is 10.2 Å². The summed E-state index contributed by atoms with van der Waals surface area (Å²) in [5.74, 6) is -7.24. The molecule has 0 aliphatic rings. The molecule has 0 unspecified atom stereocenters. The highest BCUT2D eigenvalue weighted by atomic mass is 19.2. The lowest BCUT2D eigenvalue weighted by molar-refractivity contribution is -0.139. The third kappa shape index (κ3) is 4.02. The molecule has 164 valence electrons. The second-order valence-corrected chi connectivity index (χ2v) is 8.72. The molecule has 0 aliphatic heterocycles. The van der Waals surface area contributed by atoms with Gasteiger partial charge in [-0.05, 0) is 54.7 Å². The van der Waals surface area contributed by atoms with Crippen molar-refractivity contribution in [2.45, 2.75) is 40.0 Å². The van der Waals surface area contributed by atoms with Crippen molar-refractivity contribution in [1.29, 1.82) is 0 Å². The van der Waals surface area contributed by atoms with Gasteiger partial charge >= 0.3 is 5.97 Å². The summed E-state index contributed by atoms with van der Waals surface area (Å²) in [5, 5.41) is 19.6. The molecule has 0 spiro atoms. The molecule has 0 radical (unpaired) electrons. The van der Waals surface area contributed by atoms with Crippen molar-refractivity contribution < 1.29 is 33.0 Å². The predicted octanol–water partition coefficient (Wildman–Crippen LogP) is 5.37. The lowest BCUT2D eigenvalue weighted by atomic mass is 9.80. The standard InChI is InChI=1S/C23H22F3NO4/c1-11-18(13(22(30)31)10-23(2,3)4)19-16(7-8-17(28)20(19)26)27(11)21(29)12-5-6-14(24)15(25)9-12/h5-9,13,28H,10H2,1-4H3,(H,30,31)/t13-/m0/s1. The van der Waals surface area contributed by atoms with Crippen LogP contribution in [0.1, 0.15) is 54.7 Å². The molecular formula is C23H22F3NO4. The van der Waals surface area contributed by atoms with E-state index in [1.807, 2.05) is 20.8 Å². The number of aliphatic carboxylic acids is 1. The maximum atomic E-state index is 15.0. The maximum absolute atomic E-state index is 15.0. The molecule has 0 fully saturated rings. The smallest absolute Gasteiger partial charge is 0.311 e. The number of hydrogen-bond acceptors (Lipinski definition) is 3. The summed E-state index contributed by atoms with van der Waals surface area (Å²) in [5.41, 5.74) is -0.409. The van der Waals surface area contributed by atoms with Gasteiger partial charge in [-0.25, -0.2) is 13.2 Å². The van der Waals surface area contributed by atoms with Crippen molar-refractivity contribution in [1.82, 2.24) is 4.57 Å². The zero-order valence-corrected chi connectivity index (χ0v) is 17.5. The van der Waals surface area contributed by atoms with Crippen LogP contribution in [0.3, 0.4) is 0 Å². The van der Waals surface area contributed by atoms with Crippen molar-refractivity contribution >= 4 is 22.8 Å². The van der Waals surface area contributed by atoms with Crippen molar-refractivity contribution in [3.63, 3.8) is 0 Å². The minimum atomic E-state index is -1.22. The molecule has 1 atom stereocenters. The molecule has 2 N–H and O–H groups in total. The normalized spacial score (nSPS) is 12.9. The fraction of sp³-hybridized carbons (Fsp3) is 0.304. The van der Waals surface area contributed by atoms with Gasteiger partial charge in [-0.15, -0.1) is 0 Å². The Morgan fingerprint density at radius 1 is 1.06 bits per heavy atom. The van der Waals surface area contributed by atoms with Crippen molar-refractivity contribution in [2.24, 2.45) is 5.41 Å². The molecule has 3 rings (SSSR count). The van der Waals surface area contributed by atoms with Crippen molar-refractivity contribution in [3.8, 4) is 5.75 Å². The van der Waals surface area contributed by atoms with Crippen LogP contribution in [0.15, 0.2) is 30.3 Å². The van der Waals surface area contributed by atoms with Gasteiger partial charge in [0.15, 0.2) is 23.2 Å². The van der Waals surface area contributed by atoms with Crippen LogP contribution in [-0.4, -0.2) is 26.7 Å². The van der Waals surface area contributed by atoms with Crippen LogP contribution in [0.25, 0.3) is 10.9 Å². The van der Waals surface area contributed by atoms with Gasteiger partial charge in [0.2, 0.25) is 0 Å². The van der Waals surface area contributed by atoms with E-state index < -0.39 is 46.4 Å². The van der Waals surface area contributed by atoms with E-state index >= 15 is 4.39 Å². The number of aromatic hydroxyl groups is 1. The molecule has 0 saturated carbocycles. The largest absolute Gasteiger partial charge is 0.505 e. The quantitative estimate of drug-likeness (QED) is 0.580. The van der Waals surface area contributed by atoms with Gasteiger partial charge in [-0.3, -0.25) is 14.2 Å². The number of phenolic OH excluding ortho intramolecular Hbond substituents is 1. The topological polar surface area (TPSA) is 79.5 Å². The third-order valence-corrected chi connectivity index (χ3v) is 5.17. The lowest BCUT2D eigenvalue weighted by Gasteiger charge is -2.24. The fourth-order valence-corrected chi connectivity index (χ4v) is 3.85. The average molecular weight is 433 g/mol. The van der Waals surface area contributed by atoms with Crippen molar-refractivity contribution in [3.05, 3.63) is 64.6 Å². The number of nitrogens with zero attached hydrogens (tertiary/aromatic N) is 1. The molecule has 8 heteroatoms. The summed E-state index contributed by atoms with van der Waals surface area (Å²) >= 11 is 0. The molecule has 0 amide bonds. The van der Waals surface area contributed by atoms with Crippen LogP contribution >= 0.6 is 0 Å². The molecule has 2 aromatic carbocycles. The van der Waals surface area contributed by atoms with E-state index in [-0.39, 0.29) is 34.1 Å². The number of carboxylic acids is 1. The minimum Gasteiger partial charge on any atom is -0.505 e. The number of halogens is 3. The van der Waals surface area contributed by atoms with Crippen molar-refractivity contribution in [2.75, 3.05) is 0 Å². The van der Waals surface area contributed by atoms with Gasteiger partial charge in [0.25, 0.3) is 5.91 Å². The molecule has 3 aromatic rings. The lowest BCUT2D eigenvalue weighted by Crippen LogP contribution is -2.21. The number of carbonyl (C=O) groups excluding carboxylic acids is 1. The minimum absolute atomic E-state index is 0.0256. The van der Waals surface area contributed by atoms with Crippen LogP contribution in [-0.2, 0) is 4.79 Å². The Balaban J connectivity index is 2.35. The third-order valence-electron chi connectivity index (χ3n) is 5.17. The van der Waals surface area contributed by atoms with Gasteiger partial charge in [0, 0.05) is 16.6 Å². The molecular weight excluding hydrogens is 411 g/mol. The van der Waals surface area contributed by atoms with Gasteiger partial charge in [-0.1, -0.05) is 20.8 Å². The summed E-state index contributed by atoms with van der Waals surface area (Å²) in [6.45, 7) is 6.95. The average Bonchev–Trinajstić information content (AvgIpc) is 2.96. The maximum Gasteiger partial charge on any atom is 0.311 e. The van der Waals surface area contributed by atoms with E-state index in [0.717, 1.165) is 28.8 Å². The number of fused-ring (bicyclic) bond motifs is 1. The van der Waals surface area contributed by atoms with Crippen LogP contribution < -0.4 is 0 Å². The van der Waals surface area contributed by atoms with Crippen LogP contribution in [0.5, 0.6) is 5.75 Å². The molecule has 0 bridgehead atoms. The molecule has 31 heavy (non-hydrogen) atoms. The Morgan fingerprint density at radius 2 is 1.71 bits per heavy atom. The van der Waals surface area contributed by atoms with Crippen LogP contribution in [0.4, 0.5) is 13.2 Å². The summed E-state index contributed by atoms with van der Waals surface area (Å²) in [7, 11) is 0. The molecule has 1 aromatic heterocycles. The Labute approximate surface area is 176 Å². The fourth-order valence-electron chi connectivity index (χ4n) is 3.85. The van der Waals surface area contributed by atoms with Gasteiger partial charge in [0.05, 0.1) is 11.4 Å². The van der Waals surface area contributed by atoms with E-state index in [1.54, 1.807) is 0 Å². The van der Waals surface area contributed by atoms with E-state index in [4.69, 9.17) is 0 Å². The van der Waals surface area contributed by atoms with E-state index in [2.05, 4.69) is 0 Å². The van der Waals surface area contributed by atoms with Gasteiger partial charge in [-0.2, -0.15) is 0 Å². The SMILES string of the molecule is Cc1c([C@H](CC(C)(C)C)C(=O)O)c2c(F)c(O)ccc2n1C(=O)c1ccc(F)c(F)c1. The first-order valence-electron chi connectivity index (χ1n) is 9.58. The number of carbonyl (C=O) groups is 2.